The Morgan fingerprint density at radius 1 is 1.10 bits per heavy atom. The number of rotatable bonds is 5. The fraction of sp³-hybridized carbons (Fsp3) is 0.0952. The van der Waals surface area contributed by atoms with Crippen molar-refractivity contribution in [3.63, 3.8) is 0 Å². The predicted molar refractivity (Wildman–Crippen MR) is 106 cm³/mol. The summed E-state index contributed by atoms with van der Waals surface area (Å²) < 4.78 is 32.4. The van der Waals surface area contributed by atoms with Crippen molar-refractivity contribution >= 4 is 34.0 Å². The van der Waals surface area contributed by atoms with E-state index in [1.54, 1.807) is 31.3 Å². The number of aromatic nitrogens is 2. The number of benzene rings is 1. The van der Waals surface area contributed by atoms with E-state index in [2.05, 4.69) is 15.3 Å². The van der Waals surface area contributed by atoms with Gasteiger partial charge in [0.15, 0.2) is 23.0 Å². The maximum atomic E-state index is 13.5. The number of hydrogen-bond donors (Lipinski definition) is 2. The lowest BCUT2D eigenvalue weighted by Gasteiger charge is -2.06. The molecule has 0 saturated carbocycles. The molecular weight excluding hydrogens is 378 g/mol. The van der Waals surface area contributed by atoms with Gasteiger partial charge in [0.05, 0.1) is 5.39 Å². The molecule has 0 radical (unpaired) electrons. The second kappa shape index (κ2) is 7.31. The van der Waals surface area contributed by atoms with Crippen molar-refractivity contribution in [3.8, 4) is 11.3 Å². The number of carbonyl (C=O) groups is 1. The monoisotopic (exact) mass is 394 g/mol. The highest BCUT2D eigenvalue weighted by molar-refractivity contribution is 6.04. The molecular formula is C21H16F2N4O2. The van der Waals surface area contributed by atoms with Crippen molar-refractivity contribution in [1.29, 1.82) is 0 Å². The third-order valence-corrected chi connectivity index (χ3v) is 4.46. The van der Waals surface area contributed by atoms with Gasteiger partial charge >= 0.3 is 0 Å². The number of nitrogens with zero attached hydrogens (tertiary/aromatic N) is 2. The minimum atomic E-state index is -0.978. The molecule has 3 N–H and O–H groups in total. The molecule has 0 bridgehead atoms. The number of pyridine rings is 2. The van der Waals surface area contributed by atoms with Gasteiger partial charge in [-0.3, -0.25) is 14.8 Å². The van der Waals surface area contributed by atoms with E-state index in [1.807, 2.05) is 0 Å². The molecule has 0 fully saturated rings. The van der Waals surface area contributed by atoms with E-state index in [-0.39, 0.29) is 11.7 Å². The first-order chi connectivity index (χ1) is 14.0. The van der Waals surface area contributed by atoms with Gasteiger partial charge in [0.1, 0.15) is 17.1 Å². The van der Waals surface area contributed by atoms with Gasteiger partial charge in [-0.15, -0.1) is 0 Å². The van der Waals surface area contributed by atoms with Crippen LogP contribution in [0.4, 0.5) is 26.0 Å². The summed E-state index contributed by atoms with van der Waals surface area (Å²) in [5, 5.41) is 3.57. The first-order valence-electron chi connectivity index (χ1n) is 8.86. The topological polar surface area (TPSA) is 94.0 Å². The van der Waals surface area contributed by atoms with Crippen LogP contribution >= 0.6 is 0 Å². The molecule has 146 valence electrons. The molecule has 4 aromatic rings. The minimum Gasteiger partial charge on any atom is -0.436 e. The third kappa shape index (κ3) is 3.40. The van der Waals surface area contributed by atoms with Crippen LogP contribution in [-0.4, -0.2) is 15.8 Å². The average Bonchev–Trinajstić information content (AvgIpc) is 3.05. The summed E-state index contributed by atoms with van der Waals surface area (Å²) in [6.45, 7) is 1.76. The lowest BCUT2D eigenvalue weighted by molar-refractivity contribution is 0.0983. The third-order valence-electron chi connectivity index (χ3n) is 4.46. The van der Waals surface area contributed by atoms with Crippen LogP contribution in [0.3, 0.4) is 0 Å². The van der Waals surface area contributed by atoms with Gasteiger partial charge in [0.25, 0.3) is 0 Å². The largest absolute Gasteiger partial charge is 0.436 e. The van der Waals surface area contributed by atoms with Crippen molar-refractivity contribution in [2.45, 2.75) is 13.3 Å². The summed E-state index contributed by atoms with van der Waals surface area (Å²) in [6.07, 6.45) is 3.44. The summed E-state index contributed by atoms with van der Waals surface area (Å²) in [6, 6.07) is 8.50. The normalized spacial score (nSPS) is 11.0. The molecule has 3 heterocycles. The molecule has 0 aliphatic rings. The SMILES string of the molecule is CCC(=O)c1cc(-c2nccc3c(Nc4ccc(F)c(F)c4)c(N)oc23)ccn1. The molecule has 0 unspecified atom stereocenters. The maximum absolute atomic E-state index is 13.5. The zero-order valence-corrected chi connectivity index (χ0v) is 15.4. The van der Waals surface area contributed by atoms with Crippen molar-refractivity contribution in [3.05, 3.63) is 66.1 Å². The average molecular weight is 394 g/mol. The van der Waals surface area contributed by atoms with Crippen molar-refractivity contribution < 1.29 is 18.0 Å². The van der Waals surface area contributed by atoms with Crippen LogP contribution in [0, 0.1) is 11.6 Å². The number of carbonyl (C=O) groups excluding carboxylic acids is 1. The molecule has 29 heavy (non-hydrogen) atoms. The number of Topliss-reactive ketones (excluding diaryl/α,β-unsaturated/α-hetero) is 1. The van der Waals surface area contributed by atoms with Crippen LogP contribution < -0.4 is 11.1 Å². The zero-order valence-electron chi connectivity index (χ0n) is 15.4. The summed E-state index contributed by atoms with van der Waals surface area (Å²) in [5.74, 6) is -1.94. The van der Waals surface area contributed by atoms with Gasteiger partial charge in [-0.05, 0) is 30.3 Å². The Labute approximate surface area is 164 Å². The standard InChI is InChI=1S/C21H16F2N4O2/c1-2-17(28)16-9-11(5-7-25-16)18-20-13(6-8-26-18)19(21(24)29-20)27-12-3-4-14(22)15(23)10-12/h3-10,27H,2,24H2,1H3. The van der Waals surface area contributed by atoms with Crippen LogP contribution in [0.15, 0.2) is 53.2 Å². The van der Waals surface area contributed by atoms with Crippen molar-refractivity contribution in [2.24, 2.45) is 0 Å². The molecule has 0 aliphatic carbocycles. The number of nitrogen functional groups attached to an aromatic ring is 1. The van der Waals surface area contributed by atoms with Crippen LogP contribution in [0.25, 0.3) is 22.2 Å². The molecule has 0 aliphatic heterocycles. The van der Waals surface area contributed by atoms with E-state index in [9.17, 15) is 13.6 Å². The Hall–Kier alpha value is -3.81. The van der Waals surface area contributed by atoms with Crippen LogP contribution in [0.1, 0.15) is 23.8 Å². The summed E-state index contributed by atoms with van der Waals surface area (Å²) in [7, 11) is 0. The van der Waals surface area contributed by atoms with Gasteiger partial charge in [-0.1, -0.05) is 6.92 Å². The lowest BCUT2D eigenvalue weighted by atomic mass is 10.1. The van der Waals surface area contributed by atoms with Crippen molar-refractivity contribution in [1.82, 2.24) is 9.97 Å². The number of hydrogen-bond acceptors (Lipinski definition) is 6. The van der Waals surface area contributed by atoms with E-state index >= 15 is 0 Å². The number of nitrogens with one attached hydrogen (secondary N) is 1. The number of fused-ring (bicyclic) bond motifs is 1. The Bertz CT molecular complexity index is 1240. The Balaban J connectivity index is 1.80. The highest BCUT2D eigenvalue weighted by Gasteiger charge is 2.18. The maximum Gasteiger partial charge on any atom is 0.215 e. The van der Waals surface area contributed by atoms with Crippen LogP contribution in [-0.2, 0) is 0 Å². The van der Waals surface area contributed by atoms with E-state index in [1.165, 1.54) is 12.3 Å². The fourth-order valence-electron chi connectivity index (χ4n) is 3.01. The molecule has 0 spiro atoms. The molecule has 0 saturated heterocycles. The van der Waals surface area contributed by atoms with E-state index in [0.717, 1.165) is 12.1 Å². The Morgan fingerprint density at radius 3 is 2.66 bits per heavy atom. The van der Waals surface area contributed by atoms with E-state index in [0.29, 0.717) is 45.7 Å². The Kier molecular flexibility index (Phi) is 4.67. The second-order valence-electron chi connectivity index (χ2n) is 6.34. The van der Waals surface area contributed by atoms with Gasteiger partial charge in [0.2, 0.25) is 5.88 Å². The number of ketones is 1. The highest BCUT2D eigenvalue weighted by atomic mass is 19.2. The van der Waals surface area contributed by atoms with Gasteiger partial charge < -0.3 is 15.5 Å². The number of anilines is 3. The minimum absolute atomic E-state index is 0.0675. The molecule has 3 aromatic heterocycles. The number of furan rings is 1. The number of halogens is 2. The van der Waals surface area contributed by atoms with Gasteiger partial charge in [0, 0.05) is 36.1 Å². The van der Waals surface area contributed by atoms with Crippen molar-refractivity contribution in [2.75, 3.05) is 11.1 Å². The molecule has 1 aromatic carbocycles. The smallest absolute Gasteiger partial charge is 0.215 e. The highest BCUT2D eigenvalue weighted by Crippen LogP contribution is 2.39. The first-order valence-corrected chi connectivity index (χ1v) is 8.86. The first kappa shape index (κ1) is 18.5. The summed E-state index contributed by atoms with van der Waals surface area (Å²) in [5.41, 5.74) is 8.62. The number of nitrogens with two attached hydrogens (primary N) is 1. The molecule has 4 rings (SSSR count). The van der Waals surface area contributed by atoms with Crippen LogP contribution in [0.5, 0.6) is 0 Å². The van der Waals surface area contributed by atoms with E-state index in [4.69, 9.17) is 10.2 Å². The summed E-state index contributed by atoms with van der Waals surface area (Å²) >= 11 is 0. The van der Waals surface area contributed by atoms with Crippen LogP contribution in [0.2, 0.25) is 0 Å². The molecule has 0 atom stereocenters. The molecule has 0 amide bonds. The summed E-state index contributed by atoms with van der Waals surface area (Å²) in [4.78, 5) is 20.4. The zero-order chi connectivity index (χ0) is 20.5. The van der Waals surface area contributed by atoms with Gasteiger partial charge in [-0.25, -0.2) is 8.78 Å². The fourth-order valence-corrected chi connectivity index (χ4v) is 3.01. The second-order valence-corrected chi connectivity index (χ2v) is 6.34. The molecule has 8 heteroatoms. The quantitative estimate of drug-likeness (QED) is 0.458. The van der Waals surface area contributed by atoms with E-state index < -0.39 is 11.6 Å². The Morgan fingerprint density at radius 2 is 1.90 bits per heavy atom. The van der Waals surface area contributed by atoms with Gasteiger partial charge in [-0.2, -0.15) is 0 Å². The lowest BCUT2D eigenvalue weighted by Crippen LogP contribution is -2.00. The predicted octanol–water partition coefficient (Wildman–Crippen LogP) is 5.09. The molecule has 6 nitrogen and oxygen atoms in total.